The molecule has 0 aromatic heterocycles. The molecule has 0 amide bonds. The number of carbonyl (C=O) groups is 2. The van der Waals surface area contributed by atoms with E-state index in [9.17, 15) is 18.4 Å². The second-order valence-corrected chi connectivity index (χ2v) is 7.44. The Morgan fingerprint density at radius 1 is 1.13 bits per heavy atom. The molecule has 2 aromatic carbocycles. The summed E-state index contributed by atoms with van der Waals surface area (Å²) in [7, 11) is 1.60. The summed E-state index contributed by atoms with van der Waals surface area (Å²) < 4.78 is 37.6. The molecule has 0 fully saturated rings. The SMILES string of the molecule is CCOC(=O)C(CCCNCc1ccc(OC)cc1)C(=O)c1cc(Br)c(F)cc1F. The maximum Gasteiger partial charge on any atom is 0.316 e. The van der Waals surface area contributed by atoms with Crippen molar-refractivity contribution >= 4 is 27.7 Å². The molecular weight excluding hydrogens is 460 g/mol. The van der Waals surface area contributed by atoms with Gasteiger partial charge in [-0.2, -0.15) is 0 Å². The van der Waals surface area contributed by atoms with E-state index in [1.165, 1.54) is 0 Å². The van der Waals surface area contributed by atoms with Gasteiger partial charge in [-0.05, 0) is 66.0 Å². The van der Waals surface area contributed by atoms with E-state index in [2.05, 4.69) is 21.2 Å². The zero-order valence-corrected chi connectivity index (χ0v) is 18.4. The second kappa shape index (κ2) is 11.8. The van der Waals surface area contributed by atoms with Crippen molar-refractivity contribution in [2.75, 3.05) is 20.3 Å². The fraction of sp³-hybridized carbons (Fsp3) is 0.364. The molecule has 0 radical (unpaired) electrons. The van der Waals surface area contributed by atoms with Gasteiger partial charge < -0.3 is 14.8 Å². The van der Waals surface area contributed by atoms with Gasteiger partial charge >= 0.3 is 5.97 Å². The lowest BCUT2D eigenvalue weighted by Gasteiger charge is -2.15. The zero-order chi connectivity index (χ0) is 22.1. The highest BCUT2D eigenvalue weighted by Gasteiger charge is 2.30. The lowest BCUT2D eigenvalue weighted by Crippen LogP contribution is -2.28. The Balaban J connectivity index is 1.97. The van der Waals surface area contributed by atoms with Gasteiger partial charge in [-0.3, -0.25) is 9.59 Å². The molecule has 1 unspecified atom stereocenters. The van der Waals surface area contributed by atoms with Crippen molar-refractivity contribution in [1.82, 2.24) is 5.32 Å². The highest BCUT2D eigenvalue weighted by molar-refractivity contribution is 9.10. The van der Waals surface area contributed by atoms with E-state index in [1.54, 1.807) is 14.0 Å². The number of esters is 1. The Labute approximate surface area is 182 Å². The molecule has 0 aliphatic rings. The molecule has 1 atom stereocenters. The molecule has 8 heteroatoms. The van der Waals surface area contributed by atoms with Crippen LogP contribution in [0.1, 0.15) is 35.7 Å². The molecule has 0 aliphatic carbocycles. The van der Waals surface area contributed by atoms with Crippen molar-refractivity contribution in [2.24, 2.45) is 5.92 Å². The van der Waals surface area contributed by atoms with Crippen LogP contribution in [-0.4, -0.2) is 32.0 Å². The highest BCUT2D eigenvalue weighted by Crippen LogP contribution is 2.24. The lowest BCUT2D eigenvalue weighted by atomic mass is 9.93. The highest BCUT2D eigenvalue weighted by atomic mass is 79.9. The molecule has 0 spiro atoms. The van der Waals surface area contributed by atoms with Gasteiger partial charge in [-0.15, -0.1) is 0 Å². The molecule has 0 saturated carbocycles. The first kappa shape index (κ1) is 24.0. The summed E-state index contributed by atoms with van der Waals surface area (Å²) in [6.07, 6.45) is 0.678. The maximum absolute atomic E-state index is 14.1. The van der Waals surface area contributed by atoms with Gasteiger partial charge in [-0.1, -0.05) is 12.1 Å². The first-order valence-electron chi connectivity index (χ1n) is 9.56. The summed E-state index contributed by atoms with van der Waals surface area (Å²) in [5.41, 5.74) is 0.722. The van der Waals surface area contributed by atoms with E-state index in [4.69, 9.17) is 9.47 Å². The van der Waals surface area contributed by atoms with Crippen molar-refractivity contribution in [3.05, 3.63) is 63.6 Å². The summed E-state index contributed by atoms with van der Waals surface area (Å²) in [5.74, 6) is -3.64. The van der Waals surface area contributed by atoms with Gasteiger partial charge in [0.25, 0.3) is 0 Å². The molecule has 162 valence electrons. The number of nitrogens with one attached hydrogen (secondary N) is 1. The Kier molecular flexibility index (Phi) is 9.39. The van der Waals surface area contributed by atoms with Gasteiger partial charge in [0.2, 0.25) is 0 Å². The van der Waals surface area contributed by atoms with Gasteiger partial charge in [0.15, 0.2) is 5.78 Å². The molecule has 0 saturated heterocycles. The summed E-state index contributed by atoms with van der Waals surface area (Å²) in [5, 5.41) is 3.24. The van der Waals surface area contributed by atoms with Crippen LogP contribution in [0.2, 0.25) is 0 Å². The summed E-state index contributed by atoms with van der Waals surface area (Å²) in [6, 6.07) is 9.28. The topological polar surface area (TPSA) is 64.6 Å². The van der Waals surface area contributed by atoms with E-state index in [-0.39, 0.29) is 23.1 Å². The van der Waals surface area contributed by atoms with Crippen LogP contribution in [0.25, 0.3) is 0 Å². The van der Waals surface area contributed by atoms with Crippen molar-refractivity contribution in [3.8, 4) is 5.75 Å². The van der Waals surface area contributed by atoms with Gasteiger partial charge in [0, 0.05) is 12.6 Å². The maximum atomic E-state index is 14.1. The van der Waals surface area contributed by atoms with E-state index in [1.807, 2.05) is 24.3 Å². The predicted octanol–water partition coefficient (Wildman–Crippen LogP) is 4.67. The number of hydrogen-bond donors (Lipinski definition) is 1. The van der Waals surface area contributed by atoms with E-state index in [0.717, 1.165) is 17.4 Å². The minimum atomic E-state index is -1.15. The van der Waals surface area contributed by atoms with Gasteiger partial charge in [0.05, 0.1) is 23.8 Å². The average molecular weight is 484 g/mol. The van der Waals surface area contributed by atoms with Crippen molar-refractivity contribution in [3.63, 3.8) is 0 Å². The first-order chi connectivity index (χ1) is 14.4. The van der Waals surface area contributed by atoms with Crippen LogP contribution < -0.4 is 10.1 Å². The molecule has 1 N–H and O–H groups in total. The van der Waals surface area contributed by atoms with Gasteiger partial charge in [-0.25, -0.2) is 8.78 Å². The fourth-order valence-electron chi connectivity index (χ4n) is 2.91. The van der Waals surface area contributed by atoms with Crippen LogP contribution in [0, 0.1) is 17.6 Å². The van der Waals surface area contributed by atoms with Crippen LogP contribution >= 0.6 is 15.9 Å². The van der Waals surface area contributed by atoms with E-state index in [0.29, 0.717) is 25.6 Å². The molecule has 30 heavy (non-hydrogen) atoms. The fourth-order valence-corrected chi connectivity index (χ4v) is 3.25. The number of ketones is 1. The summed E-state index contributed by atoms with van der Waals surface area (Å²) >= 11 is 2.94. The minimum absolute atomic E-state index is 0.0454. The number of carbonyl (C=O) groups excluding carboxylic acids is 2. The number of benzene rings is 2. The lowest BCUT2D eigenvalue weighted by molar-refractivity contribution is -0.146. The predicted molar refractivity (Wildman–Crippen MR) is 112 cm³/mol. The third-order valence-corrected chi connectivity index (χ3v) is 5.11. The molecule has 0 heterocycles. The molecule has 2 aromatic rings. The van der Waals surface area contributed by atoms with Crippen LogP contribution in [0.5, 0.6) is 5.75 Å². The monoisotopic (exact) mass is 483 g/mol. The molecule has 0 bridgehead atoms. The number of ether oxygens (including phenoxy) is 2. The third-order valence-electron chi connectivity index (χ3n) is 4.50. The molecular formula is C22H24BrF2NO4. The van der Waals surface area contributed by atoms with E-state index < -0.39 is 29.3 Å². The quantitative estimate of drug-likeness (QED) is 0.165. The third kappa shape index (κ3) is 6.60. The van der Waals surface area contributed by atoms with E-state index >= 15 is 0 Å². The van der Waals surface area contributed by atoms with Crippen LogP contribution in [0.15, 0.2) is 40.9 Å². The van der Waals surface area contributed by atoms with Crippen molar-refractivity contribution in [2.45, 2.75) is 26.3 Å². The number of rotatable bonds is 11. The zero-order valence-electron chi connectivity index (χ0n) is 16.8. The average Bonchev–Trinajstić information content (AvgIpc) is 2.73. The largest absolute Gasteiger partial charge is 0.497 e. The number of hydrogen-bond acceptors (Lipinski definition) is 5. The minimum Gasteiger partial charge on any atom is -0.497 e. The second-order valence-electron chi connectivity index (χ2n) is 6.58. The van der Waals surface area contributed by atoms with Crippen LogP contribution in [0.3, 0.4) is 0 Å². The Bertz CT molecular complexity index is 874. The smallest absolute Gasteiger partial charge is 0.316 e. The number of methoxy groups -OCH3 is 1. The molecule has 2 rings (SSSR count). The summed E-state index contributed by atoms with van der Waals surface area (Å²) in [6.45, 7) is 2.89. The Morgan fingerprint density at radius 3 is 2.47 bits per heavy atom. The number of Topliss-reactive ketones (excluding diaryl/α,β-unsaturated/α-hetero) is 1. The number of halogens is 3. The molecule has 0 aliphatic heterocycles. The van der Waals surface area contributed by atoms with Crippen LogP contribution in [0.4, 0.5) is 8.78 Å². The molecule has 5 nitrogen and oxygen atoms in total. The van der Waals surface area contributed by atoms with Crippen molar-refractivity contribution in [1.29, 1.82) is 0 Å². The standard InChI is InChI=1S/C22H24BrF2NO4/c1-3-30-22(28)16(21(27)17-11-18(23)20(25)12-19(17)24)5-4-10-26-13-14-6-8-15(29-2)9-7-14/h6-9,11-12,16,26H,3-5,10,13H2,1-2H3. The summed E-state index contributed by atoms with van der Waals surface area (Å²) in [4.78, 5) is 25.1. The Morgan fingerprint density at radius 2 is 1.83 bits per heavy atom. The normalized spacial score (nSPS) is 11.8. The Hall–Kier alpha value is -2.32. The first-order valence-corrected chi connectivity index (χ1v) is 10.4. The van der Waals surface area contributed by atoms with Gasteiger partial charge in [0.1, 0.15) is 23.3 Å². The van der Waals surface area contributed by atoms with Crippen molar-refractivity contribution < 1.29 is 27.8 Å². The van der Waals surface area contributed by atoms with Crippen LogP contribution in [-0.2, 0) is 16.1 Å².